The van der Waals surface area contributed by atoms with Gasteiger partial charge in [-0.1, -0.05) is 11.6 Å². The highest BCUT2D eigenvalue weighted by Gasteiger charge is 2.42. The van der Waals surface area contributed by atoms with Crippen LogP contribution in [0.5, 0.6) is 0 Å². The third-order valence-electron chi connectivity index (χ3n) is 4.03. The molecule has 1 atom stereocenters. The summed E-state index contributed by atoms with van der Waals surface area (Å²) in [6.45, 7) is 1.68. The first kappa shape index (κ1) is 18.3. The molecule has 0 fully saturated rings. The second-order valence-electron chi connectivity index (χ2n) is 6.04. The highest BCUT2D eigenvalue weighted by molar-refractivity contribution is 7.89. The number of rotatable bonds is 3. The van der Waals surface area contributed by atoms with Crippen LogP contribution in [0.4, 0.5) is 0 Å². The summed E-state index contributed by atoms with van der Waals surface area (Å²) in [7, 11) is -2.23. The number of aromatic nitrogens is 3. The molecule has 1 aliphatic heterocycles. The lowest BCUT2D eigenvalue weighted by atomic mass is 10.0. The summed E-state index contributed by atoms with van der Waals surface area (Å²) in [6, 6.07) is 1.65. The number of hydrogen-bond donors (Lipinski definition) is 1. The van der Waals surface area contributed by atoms with Crippen molar-refractivity contribution in [3.05, 3.63) is 26.9 Å². The second-order valence-corrected chi connectivity index (χ2v) is 10.2. The zero-order valence-corrected chi connectivity index (χ0v) is 17.3. The monoisotopic (exact) mass is 444 g/mol. The first-order valence-electron chi connectivity index (χ1n) is 7.54. The van der Waals surface area contributed by atoms with E-state index >= 15 is 0 Å². The van der Waals surface area contributed by atoms with Crippen LogP contribution in [0.1, 0.15) is 11.8 Å². The van der Waals surface area contributed by atoms with Crippen molar-refractivity contribution in [2.24, 2.45) is 10.7 Å². The van der Waals surface area contributed by atoms with Gasteiger partial charge in [0.1, 0.15) is 11.2 Å². The van der Waals surface area contributed by atoms with Gasteiger partial charge in [-0.2, -0.15) is 0 Å². The molecule has 4 heterocycles. The topological polar surface area (TPSA) is 128 Å². The standard InChI is InChI=1S/C14H13ClN6O3S3/c1-14(5-27(22,23)21(2)13(16)18-14)10-7(15)3-9(26-10)12-20-19-11(24-12)8-4-25-6-17-8/h3-4,6H,5H2,1-2H3,(H2,16,18)/t14-/m0/s1. The van der Waals surface area contributed by atoms with Gasteiger partial charge >= 0.3 is 0 Å². The maximum Gasteiger partial charge on any atom is 0.267 e. The number of guanidine groups is 1. The maximum atomic E-state index is 12.4. The Morgan fingerprint density at radius 1 is 1.37 bits per heavy atom. The van der Waals surface area contributed by atoms with E-state index in [1.165, 1.54) is 29.7 Å². The van der Waals surface area contributed by atoms with Crippen LogP contribution < -0.4 is 5.73 Å². The summed E-state index contributed by atoms with van der Waals surface area (Å²) in [5, 5.41) is 10.2. The molecule has 0 radical (unpaired) electrons. The molecule has 1 aliphatic rings. The van der Waals surface area contributed by atoms with E-state index in [4.69, 9.17) is 21.8 Å². The summed E-state index contributed by atoms with van der Waals surface area (Å²) < 4.78 is 31.4. The van der Waals surface area contributed by atoms with Crippen LogP contribution in [0.15, 0.2) is 26.4 Å². The summed E-state index contributed by atoms with van der Waals surface area (Å²) >= 11 is 9.05. The highest BCUT2D eigenvalue weighted by atomic mass is 35.5. The van der Waals surface area contributed by atoms with Crippen LogP contribution in [0, 0.1) is 0 Å². The molecule has 2 N–H and O–H groups in total. The quantitative estimate of drug-likeness (QED) is 0.656. The molecule has 3 aromatic heterocycles. The number of halogens is 1. The van der Waals surface area contributed by atoms with Crippen molar-refractivity contribution < 1.29 is 12.8 Å². The van der Waals surface area contributed by atoms with Gasteiger partial charge in [0.15, 0.2) is 0 Å². The van der Waals surface area contributed by atoms with Gasteiger partial charge in [-0.05, 0) is 13.0 Å². The molecule has 0 saturated carbocycles. The Kier molecular flexibility index (Phi) is 4.25. The Morgan fingerprint density at radius 3 is 2.78 bits per heavy atom. The second kappa shape index (κ2) is 6.26. The van der Waals surface area contributed by atoms with Crippen LogP contribution in [-0.4, -0.2) is 46.7 Å². The molecular weight excluding hydrogens is 432 g/mol. The van der Waals surface area contributed by atoms with E-state index in [0.717, 1.165) is 4.31 Å². The van der Waals surface area contributed by atoms with Crippen molar-refractivity contribution in [3.63, 3.8) is 0 Å². The molecule has 0 aromatic carbocycles. The summed E-state index contributed by atoms with van der Waals surface area (Å²) in [5.74, 6) is 0.239. The minimum absolute atomic E-state index is 0.0848. The number of thiazole rings is 1. The van der Waals surface area contributed by atoms with Gasteiger partial charge in [0.05, 0.1) is 26.0 Å². The third-order valence-corrected chi connectivity index (χ3v) is 8.35. The van der Waals surface area contributed by atoms with Crippen LogP contribution in [-0.2, 0) is 15.6 Å². The molecule has 0 aliphatic carbocycles. The lowest BCUT2D eigenvalue weighted by Crippen LogP contribution is -2.50. The van der Waals surface area contributed by atoms with Crippen LogP contribution in [0.3, 0.4) is 0 Å². The molecule has 0 bridgehead atoms. The van der Waals surface area contributed by atoms with Crippen molar-refractivity contribution in [2.75, 3.05) is 12.8 Å². The van der Waals surface area contributed by atoms with Crippen LogP contribution in [0.2, 0.25) is 5.02 Å². The molecule has 0 amide bonds. The van der Waals surface area contributed by atoms with Crippen LogP contribution in [0.25, 0.3) is 22.4 Å². The number of nitrogens with zero attached hydrogens (tertiary/aromatic N) is 5. The summed E-state index contributed by atoms with van der Waals surface area (Å²) in [4.78, 5) is 9.66. The summed E-state index contributed by atoms with van der Waals surface area (Å²) in [6.07, 6.45) is 0. The highest BCUT2D eigenvalue weighted by Crippen LogP contribution is 2.44. The summed E-state index contributed by atoms with van der Waals surface area (Å²) in [5.41, 5.74) is 6.96. The lowest BCUT2D eigenvalue weighted by molar-refractivity contribution is 0.482. The lowest BCUT2D eigenvalue weighted by Gasteiger charge is -2.33. The van der Waals surface area contributed by atoms with Crippen molar-refractivity contribution in [1.29, 1.82) is 0 Å². The van der Waals surface area contributed by atoms with E-state index in [0.29, 0.717) is 26.4 Å². The van der Waals surface area contributed by atoms with Gasteiger partial charge in [0, 0.05) is 12.4 Å². The molecule has 142 valence electrons. The Hall–Kier alpha value is -2.02. The average molecular weight is 445 g/mol. The predicted molar refractivity (Wildman–Crippen MR) is 104 cm³/mol. The molecule has 0 saturated heterocycles. The van der Waals surface area contributed by atoms with E-state index < -0.39 is 15.6 Å². The van der Waals surface area contributed by atoms with Gasteiger partial charge in [0.25, 0.3) is 11.8 Å². The van der Waals surface area contributed by atoms with Crippen LogP contribution >= 0.6 is 34.3 Å². The molecule has 13 heteroatoms. The fraction of sp³-hybridized carbons (Fsp3) is 0.286. The largest absolute Gasteiger partial charge is 0.414 e. The molecular formula is C14H13ClN6O3S3. The molecule has 0 unspecified atom stereocenters. The fourth-order valence-electron chi connectivity index (χ4n) is 2.65. The minimum Gasteiger partial charge on any atom is -0.414 e. The maximum absolute atomic E-state index is 12.4. The van der Waals surface area contributed by atoms with Crippen molar-refractivity contribution in [3.8, 4) is 22.4 Å². The van der Waals surface area contributed by atoms with E-state index in [-0.39, 0.29) is 17.6 Å². The van der Waals surface area contributed by atoms with E-state index in [1.807, 2.05) is 0 Å². The fourth-order valence-corrected chi connectivity index (χ4v) is 6.26. The zero-order valence-electron chi connectivity index (χ0n) is 14.1. The van der Waals surface area contributed by atoms with Gasteiger partial charge in [-0.25, -0.2) is 22.7 Å². The average Bonchev–Trinajstić information content (AvgIpc) is 3.31. The Labute approximate surface area is 167 Å². The molecule has 4 rings (SSSR count). The SMILES string of the molecule is CN1C(N)=N[C@](C)(c2sc(-c3nnc(-c4cscn4)o3)cc2Cl)CS1(=O)=O. The normalized spacial score (nSPS) is 22.0. The number of thiophene rings is 1. The van der Waals surface area contributed by atoms with Gasteiger partial charge < -0.3 is 10.2 Å². The van der Waals surface area contributed by atoms with Gasteiger partial charge in [-0.15, -0.1) is 32.9 Å². The molecule has 9 nitrogen and oxygen atoms in total. The number of aliphatic imine (C=N–C) groups is 1. The minimum atomic E-state index is -3.60. The predicted octanol–water partition coefficient (Wildman–Crippen LogP) is 2.38. The molecule has 3 aromatic rings. The zero-order chi connectivity index (χ0) is 19.4. The number of sulfonamides is 1. The Balaban J connectivity index is 1.74. The smallest absolute Gasteiger partial charge is 0.267 e. The van der Waals surface area contributed by atoms with Crippen molar-refractivity contribution >= 4 is 50.3 Å². The first-order chi connectivity index (χ1) is 12.7. The first-order valence-corrected chi connectivity index (χ1v) is 11.3. The third kappa shape index (κ3) is 3.12. The number of hydrogen-bond acceptors (Lipinski definition) is 10. The molecule has 0 spiro atoms. The van der Waals surface area contributed by atoms with E-state index in [2.05, 4.69) is 20.2 Å². The van der Waals surface area contributed by atoms with Gasteiger partial charge in [-0.3, -0.25) is 0 Å². The molecule has 27 heavy (non-hydrogen) atoms. The Bertz CT molecular complexity index is 1140. The van der Waals surface area contributed by atoms with Gasteiger partial charge in [0.2, 0.25) is 16.0 Å². The Morgan fingerprint density at radius 2 is 2.11 bits per heavy atom. The van der Waals surface area contributed by atoms with E-state index in [1.54, 1.807) is 23.9 Å². The van der Waals surface area contributed by atoms with Crippen molar-refractivity contribution in [2.45, 2.75) is 12.5 Å². The van der Waals surface area contributed by atoms with E-state index in [9.17, 15) is 8.42 Å². The van der Waals surface area contributed by atoms with Crippen molar-refractivity contribution in [1.82, 2.24) is 19.5 Å². The number of nitrogens with two attached hydrogens (primary N) is 1.